The van der Waals surface area contributed by atoms with E-state index in [-0.39, 0.29) is 0 Å². The number of benzene rings is 8. The SMILES string of the molecule is c1ccc(C2(c3ccccc3)c3ccccc3-c3c2ccc2c3c3ccccc3c3c4ccccc4n(-c4ccc5sc6cccnc6c5c4)c23)cc1. The minimum absolute atomic E-state index is 0.469. The number of pyridine rings is 1. The number of thiophene rings is 1. The molecule has 53 heavy (non-hydrogen) atoms. The Bertz CT molecular complexity index is 3240. The van der Waals surface area contributed by atoms with Crippen LogP contribution in [0.5, 0.6) is 0 Å². The van der Waals surface area contributed by atoms with E-state index in [2.05, 4.69) is 174 Å². The molecule has 0 atom stereocenters. The zero-order chi connectivity index (χ0) is 34.7. The fourth-order valence-corrected chi connectivity index (χ4v) is 10.7. The lowest BCUT2D eigenvalue weighted by atomic mass is 9.67. The van der Waals surface area contributed by atoms with Gasteiger partial charge in [-0.1, -0.05) is 140 Å². The molecule has 0 unspecified atom stereocenters. The molecule has 246 valence electrons. The number of hydrogen-bond donors (Lipinski definition) is 0. The molecule has 11 aromatic rings. The molecule has 0 radical (unpaired) electrons. The van der Waals surface area contributed by atoms with Gasteiger partial charge in [-0.15, -0.1) is 11.3 Å². The fraction of sp³-hybridized carbons (Fsp3) is 0.0200. The van der Waals surface area contributed by atoms with Crippen molar-refractivity contribution in [2.45, 2.75) is 5.41 Å². The van der Waals surface area contributed by atoms with Crippen molar-refractivity contribution >= 4 is 75.0 Å². The van der Waals surface area contributed by atoms with Gasteiger partial charge in [-0.05, 0) is 85.9 Å². The van der Waals surface area contributed by atoms with Crippen molar-refractivity contribution in [3.63, 3.8) is 0 Å². The Morgan fingerprint density at radius 3 is 1.94 bits per heavy atom. The van der Waals surface area contributed by atoms with E-state index < -0.39 is 5.41 Å². The average Bonchev–Trinajstić information content (AvgIpc) is 3.88. The van der Waals surface area contributed by atoms with Crippen molar-refractivity contribution in [3.8, 4) is 16.8 Å². The zero-order valence-corrected chi connectivity index (χ0v) is 29.4. The van der Waals surface area contributed by atoms with E-state index in [0.29, 0.717) is 0 Å². The van der Waals surface area contributed by atoms with Crippen LogP contribution < -0.4 is 0 Å². The smallest absolute Gasteiger partial charge is 0.0889 e. The van der Waals surface area contributed by atoms with E-state index in [4.69, 9.17) is 4.98 Å². The van der Waals surface area contributed by atoms with Crippen LogP contribution in [0.1, 0.15) is 22.3 Å². The van der Waals surface area contributed by atoms with Crippen molar-refractivity contribution in [3.05, 3.63) is 204 Å². The van der Waals surface area contributed by atoms with Gasteiger partial charge in [-0.25, -0.2) is 0 Å². The Labute approximate surface area is 309 Å². The summed E-state index contributed by atoms with van der Waals surface area (Å²) in [6, 6.07) is 65.3. The fourth-order valence-electron chi connectivity index (χ4n) is 9.69. The lowest BCUT2D eigenvalue weighted by molar-refractivity contribution is 0.769. The van der Waals surface area contributed by atoms with Crippen molar-refractivity contribution in [1.82, 2.24) is 9.55 Å². The van der Waals surface area contributed by atoms with Gasteiger partial charge in [0.1, 0.15) is 0 Å². The van der Waals surface area contributed by atoms with Gasteiger partial charge in [-0.3, -0.25) is 4.98 Å². The van der Waals surface area contributed by atoms with E-state index in [9.17, 15) is 0 Å². The molecule has 8 aromatic carbocycles. The van der Waals surface area contributed by atoms with Crippen LogP contribution in [0.3, 0.4) is 0 Å². The van der Waals surface area contributed by atoms with Gasteiger partial charge >= 0.3 is 0 Å². The maximum absolute atomic E-state index is 4.83. The minimum atomic E-state index is -0.469. The van der Waals surface area contributed by atoms with Gasteiger partial charge < -0.3 is 4.57 Å². The number of nitrogens with zero attached hydrogens (tertiary/aromatic N) is 2. The molecular formula is C50H30N2S. The Balaban J connectivity index is 1.29. The second-order valence-corrected chi connectivity index (χ2v) is 15.3. The van der Waals surface area contributed by atoms with Crippen molar-refractivity contribution in [2.24, 2.45) is 0 Å². The predicted octanol–water partition coefficient (Wildman–Crippen LogP) is 13.2. The van der Waals surface area contributed by atoms with Gasteiger partial charge in [0, 0.05) is 38.1 Å². The highest BCUT2D eigenvalue weighted by Gasteiger charge is 2.46. The topological polar surface area (TPSA) is 17.8 Å². The molecule has 0 N–H and O–H groups in total. The summed E-state index contributed by atoms with van der Waals surface area (Å²) < 4.78 is 4.99. The van der Waals surface area contributed by atoms with Crippen molar-refractivity contribution < 1.29 is 0 Å². The first-order valence-corrected chi connectivity index (χ1v) is 19.0. The van der Waals surface area contributed by atoms with Crippen LogP contribution in [0.15, 0.2) is 182 Å². The van der Waals surface area contributed by atoms with E-state index in [1.807, 2.05) is 23.6 Å². The predicted molar refractivity (Wildman–Crippen MR) is 224 cm³/mol. The van der Waals surface area contributed by atoms with Crippen LogP contribution in [0.4, 0.5) is 0 Å². The molecular weight excluding hydrogens is 661 g/mol. The Morgan fingerprint density at radius 2 is 1.15 bits per heavy atom. The van der Waals surface area contributed by atoms with Gasteiger partial charge in [0.2, 0.25) is 0 Å². The summed E-state index contributed by atoms with van der Waals surface area (Å²) in [4.78, 5) is 4.83. The molecule has 0 saturated heterocycles. The Kier molecular flexibility index (Phi) is 5.89. The summed E-state index contributed by atoms with van der Waals surface area (Å²) in [6.45, 7) is 0. The monoisotopic (exact) mass is 690 g/mol. The summed E-state index contributed by atoms with van der Waals surface area (Å²) in [5, 5.41) is 8.87. The van der Waals surface area contributed by atoms with E-state index >= 15 is 0 Å². The summed E-state index contributed by atoms with van der Waals surface area (Å²) in [6.07, 6.45) is 1.91. The van der Waals surface area contributed by atoms with Gasteiger partial charge in [0.05, 0.1) is 26.7 Å². The van der Waals surface area contributed by atoms with Crippen LogP contribution in [-0.2, 0) is 5.41 Å². The number of para-hydroxylation sites is 1. The molecule has 3 heterocycles. The van der Waals surface area contributed by atoms with Crippen molar-refractivity contribution in [2.75, 3.05) is 0 Å². The van der Waals surface area contributed by atoms with Crippen LogP contribution in [0.25, 0.3) is 80.5 Å². The van der Waals surface area contributed by atoms with E-state index in [1.165, 1.54) is 91.5 Å². The molecule has 3 aromatic heterocycles. The quantitative estimate of drug-likeness (QED) is 0.169. The molecule has 1 aliphatic rings. The molecule has 0 bridgehead atoms. The Hall–Kier alpha value is -6.55. The normalized spacial score (nSPS) is 13.4. The lowest BCUT2D eigenvalue weighted by Gasteiger charge is -2.34. The van der Waals surface area contributed by atoms with Gasteiger partial charge in [-0.2, -0.15) is 0 Å². The van der Waals surface area contributed by atoms with E-state index in [0.717, 1.165) is 11.2 Å². The van der Waals surface area contributed by atoms with Crippen LogP contribution in [0.2, 0.25) is 0 Å². The molecule has 12 rings (SSSR count). The van der Waals surface area contributed by atoms with Gasteiger partial charge in [0.15, 0.2) is 0 Å². The van der Waals surface area contributed by atoms with E-state index in [1.54, 1.807) is 0 Å². The highest BCUT2D eigenvalue weighted by Crippen LogP contribution is 2.59. The number of rotatable bonds is 3. The summed E-state index contributed by atoms with van der Waals surface area (Å²) >= 11 is 1.81. The molecule has 1 aliphatic carbocycles. The molecule has 0 spiro atoms. The first-order chi connectivity index (χ1) is 26.3. The largest absolute Gasteiger partial charge is 0.309 e. The maximum Gasteiger partial charge on any atom is 0.0889 e. The first-order valence-electron chi connectivity index (χ1n) is 18.2. The molecule has 0 aliphatic heterocycles. The summed E-state index contributed by atoms with van der Waals surface area (Å²) in [5.74, 6) is 0. The standard InChI is InChI=1S/C50H30N2S/c1-3-14-31(15-4-1)50(32-16-5-2-6-17-32)40-22-11-9-20-36(40)47-41(50)27-26-38-45(47)34-18-7-8-19-35(34)46-37-21-10-12-23-42(37)52(49(38)46)33-25-28-43-39(30-33)48-44(53-43)24-13-29-51-48/h1-30H. The van der Waals surface area contributed by atoms with Gasteiger partial charge in [0.25, 0.3) is 0 Å². The molecule has 2 nitrogen and oxygen atoms in total. The molecule has 0 amide bonds. The number of fused-ring (bicyclic) bond motifs is 15. The molecule has 0 fully saturated rings. The van der Waals surface area contributed by atoms with Crippen LogP contribution >= 0.6 is 11.3 Å². The maximum atomic E-state index is 4.83. The minimum Gasteiger partial charge on any atom is -0.309 e. The zero-order valence-electron chi connectivity index (χ0n) is 28.6. The first kappa shape index (κ1) is 29.1. The summed E-state index contributed by atoms with van der Waals surface area (Å²) in [7, 11) is 0. The third-order valence-electron chi connectivity index (χ3n) is 11.7. The number of hydrogen-bond acceptors (Lipinski definition) is 2. The number of aromatic nitrogens is 2. The molecule has 3 heteroatoms. The Morgan fingerprint density at radius 1 is 0.472 bits per heavy atom. The second-order valence-electron chi connectivity index (χ2n) is 14.2. The third-order valence-corrected chi connectivity index (χ3v) is 12.8. The highest BCUT2D eigenvalue weighted by atomic mass is 32.1. The van der Waals surface area contributed by atoms with Crippen molar-refractivity contribution in [1.29, 1.82) is 0 Å². The second kappa shape index (κ2) is 10.7. The molecule has 0 saturated carbocycles. The lowest BCUT2D eigenvalue weighted by Crippen LogP contribution is -2.28. The average molecular weight is 691 g/mol. The highest BCUT2D eigenvalue weighted by molar-refractivity contribution is 7.25. The van der Waals surface area contributed by atoms with Crippen LogP contribution in [-0.4, -0.2) is 9.55 Å². The summed E-state index contributed by atoms with van der Waals surface area (Å²) in [5.41, 5.74) is 12.0. The third kappa shape index (κ3) is 3.74. The van der Waals surface area contributed by atoms with Crippen LogP contribution in [0, 0.1) is 0 Å².